The Hall–Kier alpha value is -2.17. The first kappa shape index (κ1) is 19.6. The Morgan fingerprint density at radius 1 is 1.07 bits per heavy atom. The summed E-state index contributed by atoms with van der Waals surface area (Å²) >= 11 is 0. The van der Waals surface area contributed by atoms with Gasteiger partial charge < -0.3 is 9.16 Å². The topological polar surface area (TPSA) is 35.5 Å². The van der Waals surface area contributed by atoms with Crippen molar-refractivity contribution in [3.8, 4) is 0 Å². The number of benzene rings is 2. The Morgan fingerprint density at radius 2 is 1.59 bits per heavy atom. The minimum atomic E-state index is -2.61. The van der Waals surface area contributed by atoms with Crippen molar-refractivity contribution in [3.63, 3.8) is 0 Å². The summed E-state index contributed by atoms with van der Waals surface area (Å²) in [5.74, 6) is -0.160. The van der Waals surface area contributed by atoms with Crippen LogP contribution in [-0.4, -0.2) is 27.0 Å². The molecule has 0 N–H and O–H groups in total. The number of cyclic esters (lactones) is 1. The molecule has 3 rings (SSSR count). The maximum Gasteiger partial charge on any atom is 0.306 e. The standard InChI is InChI=1S/C23H28O3Si/c1-5-18-16-22(24)26-21(18)17-25-27(23(2,3)4,19-12-8-6-9-13-19)20-14-10-7-11-15-20/h5-15,18,21H,1,16-17H2,2-4H3/t18-,21-/m1/s1. The van der Waals surface area contributed by atoms with Crippen molar-refractivity contribution >= 4 is 24.7 Å². The van der Waals surface area contributed by atoms with Gasteiger partial charge in [-0.15, -0.1) is 6.58 Å². The number of esters is 1. The fraction of sp³-hybridized carbons (Fsp3) is 0.348. The molecule has 1 aliphatic rings. The minimum Gasteiger partial charge on any atom is -0.459 e. The summed E-state index contributed by atoms with van der Waals surface area (Å²) in [6, 6.07) is 21.0. The zero-order chi connectivity index (χ0) is 19.5. The third-order valence-electron chi connectivity index (χ3n) is 5.35. The van der Waals surface area contributed by atoms with Gasteiger partial charge in [-0.2, -0.15) is 0 Å². The van der Waals surface area contributed by atoms with Gasteiger partial charge >= 0.3 is 5.97 Å². The highest BCUT2D eigenvalue weighted by Crippen LogP contribution is 2.37. The lowest BCUT2D eigenvalue weighted by atomic mass is 10.0. The minimum absolute atomic E-state index is 0.00992. The van der Waals surface area contributed by atoms with Crippen LogP contribution in [-0.2, 0) is 14.0 Å². The Morgan fingerprint density at radius 3 is 2.04 bits per heavy atom. The van der Waals surface area contributed by atoms with Crippen LogP contribution in [0.4, 0.5) is 0 Å². The number of hydrogen-bond acceptors (Lipinski definition) is 3. The summed E-state index contributed by atoms with van der Waals surface area (Å²) in [6.45, 7) is 11.0. The van der Waals surface area contributed by atoms with Crippen molar-refractivity contribution in [1.29, 1.82) is 0 Å². The molecular formula is C23H28O3Si. The Labute approximate surface area is 163 Å². The van der Waals surface area contributed by atoms with E-state index in [9.17, 15) is 4.79 Å². The van der Waals surface area contributed by atoms with E-state index in [1.54, 1.807) is 0 Å². The fourth-order valence-corrected chi connectivity index (χ4v) is 8.56. The molecule has 2 atom stereocenters. The van der Waals surface area contributed by atoms with E-state index in [0.717, 1.165) is 0 Å². The third kappa shape index (κ3) is 3.78. The molecular weight excluding hydrogens is 352 g/mol. The molecule has 2 aromatic carbocycles. The molecule has 2 aromatic rings. The molecule has 1 heterocycles. The first-order valence-electron chi connectivity index (χ1n) is 9.45. The van der Waals surface area contributed by atoms with Crippen LogP contribution in [0, 0.1) is 5.92 Å². The predicted octanol–water partition coefficient (Wildman–Crippen LogP) is 3.68. The van der Waals surface area contributed by atoms with Gasteiger partial charge in [-0.05, 0) is 15.4 Å². The maximum absolute atomic E-state index is 11.8. The van der Waals surface area contributed by atoms with E-state index in [0.29, 0.717) is 13.0 Å². The van der Waals surface area contributed by atoms with Gasteiger partial charge in [-0.1, -0.05) is 87.5 Å². The van der Waals surface area contributed by atoms with Gasteiger partial charge in [0.05, 0.1) is 13.0 Å². The second kappa shape index (κ2) is 7.83. The van der Waals surface area contributed by atoms with Crippen molar-refractivity contribution in [3.05, 3.63) is 73.3 Å². The molecule has 1 saturated heterocycles. The summed E-state index contributed by atoms with van der Waals surface area (Å²) in [4.78, 5) is 11.8. The van der Waals surface area contributed by atoms with Crippen LogP contribution in [0.2, 0.25) is 5.04 Å². The maximum atomic E-state index is 11.8. The van der Waals surface area contributed by atoms with Gasteiger partial charge in [0.25, 0.3) is 8.32 Å². The highest BCUT2D eigenvalue weighted by Gasteiger charge is 2.51. The SMILES string of the molecule is C=C[C@@H]1CC(=O)O[C@@H]1CO[Si](c1ccccc1)(c1ccccc1)C(C)(C)C. The molecule has 27 heavy (non-hydrogen) atoms. The van der Waals surface area contributed by atoms with Crippen molar-refractivity contribution in [2.24, 2.45) is 5.92 Å². The smallest absolute Gasteiger partial charge is 0.306 e. The van der Waals surface area contributed by atoms with E-state index in [1.807, 2.05) is 18.2 Å². The highest BCUT2D eigenvalue weighted by molar-refractivity contribution is 6.99. The molecule has 0 unspecified atom stereocenters. The molecule has 0 aromatic heterocycles. The summed E-state index contributed by atoms with van der Waals surface area (Å²) < 4.78 is 12.4. The van der Waals surface area contributed by atoms with Gasteiger partial charge in [0.15, 0.2) is 0 Å². The summed E-state index contributed by atoms with van der Waals surface area (Å²) in [6.07, 6.45) is 1.93. The molecule has 0 spiro atoms. The number of rotatable bonds is 6. The summed E-state index contributed by atoms with van der Waals surface area (Å²) in [5.41, 5.74) is 0. The molecule has 1 fully saturated rings. The van der Waals surface area contributed by atoms with E-state index < -0.39 is 8.32 Å². The van der Waals surface area contributed by atoms with Crippen molar-refractivity contribution in [2.75, 3.05) is 6.61 Å². The second-order valence-electron chi connectivity index (χ2n) is 8.11. The van der Waals surface area contributed by atoms with E-state index >= 15 is 0 Å². The first-order chi connectivity index (χ1) is 12.9. The normalized spacial score (nSPS) is 20.3. The van der Waals surface area contributed by atoms with Crippen LogP contribution in [0.1, 0.15) is 27.2 Å². The van der Waals surface area contributed by atoms with E-state index in [-0.39, 0.29) is 23.0 Å². The third-order valence-corrected chi connectivity index (χ3v) is 10.4. The Balaban J connectivity index is 2.04. The number of hydrogen-bond donors (Lipinski definition) is 0. The van der Waals surface area contributed by atoms with E-state index in [2.05, 4.69) is 75.9 Å². The molecule has 1 aliphatic heterocycles. The average molecular weight is 381 g/mol. The highest BCUT2D eigenvalue weighted by atomic mass is 28.4. The Kier molecular flexibility index (Phi) is 5.68. The van der Waals surface area contributed by atoms with Crippen LogP contribution in [0.5, 0.6) is 0 Å². The van der Waals surface area contributed by atoms with Crippen LogP contribution in [0.3, 0.4) is 0 Å². The van der Waals surface area contributed by atoms with Crippen LogP contribution in [0.15, 0.2) is 73.3 Å². The number of ether oxygens (including phenoxy) is 1. The van der Waals surface area contributed by atoms with Gasteiger partial charge in [0, 0.05) is 5.92 Å². The molecule has 3 nitrogen and oxygen atoms in total. The lowest BCUT2D eigenvalue weighted by molar-refractivity contribution is -0.142. The molecule has 142 valence electrons. The van der Waals surface area contributed by atoms with Crippen molar-refractivity contribution in [2.45, 2.75) is 38.3 Å². The lowest BCUT2D eigenvalue weighted by Gasteiger charge is -2.43. The zero-order valence-electron chi connectivity index (χ0n) is 16.4. The molecule has 0 amide bonds. The molecule has 0 radical (unpaired) electrons. The first-order valence-corrected chi connectivity index (χ1v) is 11.4. The Bertz CT molecular complexity index is 741. The fourth-order valence-electron chi connectivity index (χ4n) is 3.99. The van der Waals surface area contributed by atoms with Gasteiger partial charge in [-0.25, -0.2) is 0 Å². The van der Waals surface area contributed by atoms with Gasteiger partial charge in [0.2, 0.25) is 0 Å². The van der Waals surface area contributed by atoms with E-state index in [4.69, 9.17) is 9.16 Å². The summed E-state index contributed by atoms with van der Waals surface area (Å²) in [7, 11) is -2.61. The quantitative estimate of drug-likeness (QED) is 0.436. The van der Waals surface area contributed by atoms with Crippen molar-refractivity contribution in [1.82, 2.24) is 0 Å². The number of carbonyl (C=O) groups is 1. The summed E-state index contributed by atoms with van der Waals surface area (Å²) in [5, 5.41) is 2.36. The number of carbonyl (C=O) groups excluding carboxylic acids is 1. The second-order valence-corrected chi connectivity index (χ2v) is 12.4. The molecule has 0 saturated carbocycles. The van der Waals surface area contributed by atoms with Gasteiger partial charge in [-0.3, -0.25) is 4.79 Å². The van der Waals surface area contributed by atoms with Gasteiger partial charge in [0.1, 0.15) is 6.10 Å². The average Bonchev–Trinajstić information content (AvgIpc) is 3.03. The predicted molar refractivity (Wildman–Crippen MR) is 112 cm³/mol. The zero-order valence-corrected chi connectivity index (χ0v) is 17.4. The monoisotopic (exact) mass is 380 g/mol. The lowest BCUT2D eigenvalue weighted by Crippen LogP contribution is -2.67. The largest absolute Gasteiger partial charge is 0.459 e. The molecule has 0 bridgehead atoms. The molecule has 4 heteroatoms. The van der Waals surface area contributed by atoms with Crippen LogP contribution < -0.4 is 10.4 Å². The van der Waals surface area contributed by atoms with E-state index in [1.165, 1.54) is 10.4 Å². The van der Waals surface area contributed by atoms with Crippen LogP contribution in [0.25, 0.3) is 0 Å². The molecule has 0 aliphatic carbocycles. The van der Waals surface area contributed by atoms with Crippen molar-refractivity contribution < 1.29 is 14.0 Å². The van der Waals surface area contributed by atoms with Crippen LogP contribution >= 0.6 is 0 Å².